The largest absolute Gasteiger partial charge is 0.378 e. The number of nitrogens with one attached hydrogen (secondary N) is 1. The van der Waals surface area contributed by atoms with Gasteiger partial charge in [-0.2, -0.15) is 0 Å². The maximum Gasteiger partial charge on any atom is 0.253 e. The van der Waals surface area contributed by atoms with Crippen LogP contribution in [-0.4, -0.2) is 23.3 Å². The lowest BCUT2D eigenvalue weighted by atomic mass is 10.1. The van der Waals surface area contributed by atoms with Crippen molar-refractivity contribution < 1.29 is 14.7 Å². The number of rotatable bonds is 5. The zero-order valence-corrected chi connectivity index (χ0v) is 9.14. The number of amides is 1. The predicted molar refractivity (Wildman–Crippen MR) is 59.7 cm³/mol. The first kappa shape index (κ1) is 12.4. The molecular weight excluding hydrogens is 206 g/mol. The molecule has 0 aliphatic carbocycles. The van der Waals surface area contributed by atoms with E-state index in [4.69, 9.17) is 0 Å². The molecule has 0 bridgehead atoms. The van der Waals surface area contributed by atoms with Crippen molar-refractivity contribution in [2.75, 3.05) is 6.54 Å². The van der Waals surface area contributed by atoms with Crippen molar-refractivity contribution in [2.24, 2.45) is 0 Å². The number of benzene rings is 1. The Morgan fingerprint density at radius 3 is 2.50 bits per heavy atom. The maximum atomic E-state index is 11.5. The van der Waals surface area contributed by atoms with Crippen LogP contribution in [0, 0.1) is 0 Å². The fourth-order valence-corrected chi connectivity index (χ4v) is 1.25. The summed E-state index contributed by atoms with van der Waals surface area (Å²) in [6.07, 6.45) is -0.888. The molecule has 0 heterocycles. The Kier molecular flexibility index (Phi) is 4.66. The highest BCUT2D eigenvalue weighted by atomic mass is 16.3. The monoisotopic (exact) mass is 221 g/mol. The van der Waals surface area contributed by atoms with Gasteiger partial charge in [-0.3, -0.25) is 9.59 Å². The van der Waals surface area contributed by atoms with Crippen LogP contribution in [0.2, 0.25) is 0 Å². The van der Waals surface area contributed by atoms with E-state index < -0.39 is 12.0 Å². The molecule has 1 atom stereocenters. The molecule has 0 radical (unpaired) electrons. The second kappa shape index (κ2) is 6.02. The molecule has 1 aromatic carbocycles. The summed E-state index contributed by atoms with van der Waals surface area (Å²) in [6.45, 7) is 1.72. The van der Waals surface area contributed by atoms with Crippen LogP contribution >= 0.6 is 0 Å². The highest BCUT2D eigenvalue weighted by Gasteiger charge is 2.15. The van der Waals surface area contributed by atoms with Gasteiger partial charge in [0.25, 0.3) is 5.91 Å². The van der Waals surface area contributed by atoms with Crippen LogP contribution in [0.25, 0.3) is 0 Å². The van der Waals surface area contributed by atoms with E-state index in [0.29, 0.717) is 5.56 Å². The Labute approximate surface area is 94.3 Å². The molecule has 16 heavy (non-hydrogen) atoms. The lowest BCUT2D eigenvalue weighted by molar-refractivity contribution is -0.129. The third-order valence-electron chi connectivity index (χ3n) is 2.14. The van der Waals surface area contributed by atoms with Gasteiger partial charge in [0.15, 0.2) is 6.10 Å². The van der Waals surface area contributed by atoms with Gasteiger partial charge in [0.05, 0.1) is 0 Å². The van der Waals surface area contributed by atoms with Gasteiger partial charge in [-0.1, -0.05) is 30.3 Å². The summed E-state index contributed by atoms with van der Waals surface area (Å²) in [4.78, 5) is 22.1. The van der Waals surface area contributed by atoms with Crippen molar-refractivity contribution in [1.82, 2.24) is 5.32 Å². The molecule has 1 amide bonds. The standard InChI is InChI=1S/C12H15NO3/c1-9(14)7-8-13-12(16)11(15)10-5-3-2-4-6-10/h2-6,11,15H,7-8H2,1H3,(H,13,16)/t11-/m0/s1. The molecule has 0 aliphatic rings. The van der Waals surface area contributed by atoms with Crippen molar-refractivity contribution in [1.29, 1.82) is 0 Å². The lowest BCUT2D eigenvalue weighted by Crippen LogP contribution is -2.30. The van der Waals surface area contributed by atoms with Crippen molar-refractivity contribution >= 4 is 11.7 Å². The van der Waals surface area contributed by atoms with Gasteiger partial charge < -0.3 is 10.4 Å². The summed E-state index contributed by atoms with van der Waals surface area (Å²) in [6, 6.07) is 8.66. The number of Topliss-reactive ketones (excluding diaryl/α,β-unsaturated/α-hetero) is 1. The number of aliphatic hydroxyl groups excluding tert-OH is 1. The van der Waals surface area contributed by atoms with Gasteiger partial charge in [-0.25, -0.2) is 0 Å². The van der Waals surface area contributed by atoms with E-state index >= 15 is 0 Å². The first-order chi connectivity index (χ1) is 7.61. The molecular formula is C12H15NO3. The smallest absolute Gasteiger partial charge is 0.253 e. The molecule has 1 rings (SSSR count). The molecule has 0 saturated carbocycles. The number of hydrogen-bond donors (Lipinski definition) is 2. The Morgan fingerprint density at radius 2 is 1.94 bits per heavy atom. The number of ketones is 1. The molecule has 0 spiro atoms. The Balaban J connectivity index is 2.45. The summed E-state index contributed by atoms with van der Waals surface area (Å²) in [5, 5.41) is 12.2. The van der Waals surface area contributed by atoms with E-state index in [9.17, 15) is 14.7 Å². The SMILES string of the molecule is CC(=O)CCNC(=O)[C@@H](O)c1ccccc1. The average molecular weight is 221 g/mol. The summed E-state index contributed by atoms with van der Waals surface area (Å²) >= 11 is 0. The van der Waals surface area contributed by atoms with E-state index in [1.165, 1.54) is 6.92 Å². The summed E-state index contributed by atoms with van der Waals surface area (Å²) in [5.41, 5.74) is 0.544. The van der Waals surface area contributed by atoms with Crippen molar-refractivity contribution in [2.45, 2.75) is 19.4 Å². The quantitative estimate of drug-likeness (QED) is 0.773. The van der Waals surface area contributed by atoms with Gasteiger partial charge in [0.2, 0.25) is 0 Å². The average Bonchev–Trinajstić information content (AvgIpc) is 2.28. The van der Waals surface area contributed by atoms with E-state index in [-0.39, 0.29) is 18.7 Å². The highest BCUT2D eigenvalue weighted by Crippen LogP contribution is 2.11. The number of hydrogen-bond acceptors (Lipinski definition) is 3. The normalized spacial score (nSPS) is 11.9. The fourth-order valence-electron chi connectivity index (χ4n) is 1.25. The molecule has 4 heteroatoms. The summed E-state index contributed by atoms with van der Waals surface area (Å²) < 4.78 is 0. The molecule has 1 aromatic rings. The first-order valence-corrected chi connectivity index (χ1v) is 5.11. The molecule has 0 saturated heterocycles. The van der Waals surface area contributed by atoms with Gasteiger partial charge in [-0.15, -0.1) is 0 Å². The molecule has 4 nitrogen and oxygen atoms in total. The van der Waals surface area contributed by atoms with Gasteiger partial charge in [0, 0.05) is 13.0 Å². The van der Waals surface area contributed by atoms with Crippen molar-refractivity contribution in [3.8, 4) is 0 Å². The van der Waals surface area contributed by atoms with Crippen LogP contribution in [-0.2, 0) is 9.59 Å². The number of carbonyl (C=O) groups is 2. The fraction of sp³-hybridized carbons (Fsp3) is 0.333. The molecule has 0 fully saturated rings. The van der Waals surface area contributed by atoms with E-state index in [1.54, 1.807) is 24.3 Å². The van der Waals surface area contributed by atoms with Gasteiger partial charge in [-0.05, 0) is 12.5 Å². The van der Waals surface area contributed by atoms with Crippen LogP contribution in [0.4, 0.5) is 0 Å². The van der Waals surface area contributed by atoms with E-state index in [0.717, 1.165) is 0 Å². The van der Waals surface area contributed by atoms with Crippen LogP contribution in [0.3, 0.4) is 0 Å². The van der Waals surface area contributed by atoms with Crippen LogP contribution < -0.4 is 5.32 Å². The van der Waals surface area contributed by atoms with Crippen molar-refractivity contribution in [3.05, 3.63) is 35.9 Å². The van der Waals surface area contributed by atoms with Crippen molar-refractivity contribution in [3.63, 3.8) is 0 Å². The topological polar surface area (TPSA) is 66.4 Å². The van der Waals surface area contributed by atoms with Crippen LogP contribution in [0.15, 0.2) is 30.3 Å². The molecule has 0 unspecified atom stereocenters. The molecule has 0 aromatic heterocycles. The second-order valence-corrected chi connectivity index (χ2v) is 3.56. The first-order valence-electron chi connectivity index (χ1n) is 5.11. The Morgan fingerprint density at radius 1 is 1.31 bits per heavy atom. The number of carbonyl (C=O) groups excluding carboxylic acids is 2. The van der Waals surface area contributed by atoms with Gasteiger partial charge >= 0.3 is 0 Å². The highest BCUT2D eigenvalue weighted by molar-refractivity contribution is 5.82. The predicted octanol–water partition coefficient (Wildman–Crippen LogP) is 0.815. The zero-order valence-electron chi connectivity index (χ0n) is 9.14. The zero-order chi connectivity index (χ0) is 12.0. The van der Waals surface area contributed by atoms with Crippen LogP contribution in [0.1, 0.15) is 25.0 Å². The summed E-state index contributed by atoms with van der Waals surface area (Å²) in [7, 11) is 0. The van der Waals surface area contributed by atoms with E-state index in [2.05, 4.69) is 5.32 Å². The maximum absolute atomic E-state index is 11.5. The molecule has 86 valence electrons. The third-order valence-corrected chi connectivity index (χ3v) is 2.14. The van der Waals surface area contributed by atoms with Crippen LogP contribution in [0.5, 0.6) is 0 Å². The minimum absolute atomic E-state index is 0.00880. The minimum atomic E-state index is -1.17. The van der Waals surface area contributed by atoms with E-state index in [1.807, 2.05) is 6.07 Å². The Hall–Kier alpha value is -1.68. The summed E-state index contributed by atoms with van der Waals surface area (Å²) in [5.74, 6) is -0.470. The van der Waals surface area contributed by atoms with Gasteiger partial charge in [0.1, 0.15) is 5.78 Å². The molecule has 0 aliphatic heterocycles. The minimum Gasteiger partial charge on any atom is -0.378 e. The molecule has 2 N–H and O–H groups in total. The number of aliphatic hydroxyl groups is 1. The lowest BCUT2D eigenvalue weighted by Gasteiger charge is -2.10. The second-order valence-electron chi connectivity index (χ2n) is 3.56. The third kappa shape index (κ3) is 3.82. The Bertz CT molecular complexity index is 362.